The van der Waals surface area contributed by atoms with Crippen molar-refractivity contribution < 1.29 is 0 Å². The second-order valence-corrected chi connectivity index (χ2v) is 6.05. The Bertz CT molecular complexity index is 848. The van der Waals surface area contributed by atoms with E-state index in [1.807, 2.05) is 0 Å². The van der Waals surface area contributed by atoms with E-state index in [-0.39, 0.29) is 6.17 Å². The quantitative estimate of drug-likeness (QED) is 0.616. The van der Waals surface area contributed by atoms with Gasteiger partial charge in [0.2, 0.25) is 0 Å². The van der Waals surface area contributed by atoms with E-state index in [4.69, 9.17) is 0 Å². The molecule has 4 rings (SSSR count). The zero-order valence-electron chi connectivity index (χ0n) is 13.2. The van der Waals surface area contributed by atoms with Crippen LogP contribution in [0.4, 0.5) is 17.1 Å². The van der Waals surface area contributed by atoms with Crippen molar-refractivity contribution in [3.05, 3.63) is 66.2 Å². The Labute approximate surface area is 131 Å². The van der Waals surface area contributed by atoms with Crippen LogP contribution >= 0.6 is 0 Å². The molecule has 1 heterocycles. The summed E-state index contributed by atoms with van der Waals surface area (Å²) in [6.07, 6.45) is 0.279. The number of nitrogens with zero attached hydrogens (tertiary/aromatic N) is 2. The summed E-state index contributed by atoms with van der Waals surface area (Å²) in [5.41, 5.74) is 5.20. The highest BCUT2D eigenvalue weighted by Gasteiger charge is 2.29. The lowest BCUT2D eigenvalue weighted by atomic mass is 10.0. The lowest BCUT2D eigenvalue weighted by Gasteiger charge is -2.44. The van der Waals surface area contributed by atoms with Gasteiger partial charge in [0.1, 0.15) is 6.17 Å². The van der Waals surface area contributed by atoms with Crippen LogP contribution in [0.1, 0.15) is 12.5 Å². The van der Waals surface area contributed by atoms with Crippen molar-refractivity contribution in [2.75, 3.05) is 16.8 Å². The van der Waals surface area contributed by atoms with Crippen LogP contribution in [0.5, 0.6) is 0 Å². The van der Waals surface area contributed by atoms with Crippen LogP contribution in [0, 0.1) is 6.92 Å². The van der Waals surface area contributed by atoms with Gasteiger partial charge in [-0.15, -0.1) is 0 Å². The van der Waals surface area contributed by atoms with Crippen LogP contribution in [0.2, 0.25) is 0 Å². The lowest BCUT2D eigenvalue weighted by Crippen LogP contribution is -2.45. The molecular weight excluding hydrogens is 268 g/mol. The van der Waals surface area contributed by atoms with Crippen molar-refractivity contribution >= 4 is 27.8 Å². The summed E-state index contributed by atoms with van der Waals surface area (Å²) in [5.74, 6) is 0. The highest BCUT2D eigenvalue weighted by atomic mass is 15.4. The molecule has 0 bridgehead atoms. The van der Waals surface area contributed by atoms with Crippen molar-refractivity contribution in [1.82, 2.24) is 0 Å². The fourth-order valence-corrected chi connectivity index (χ4v) is 3.54. The molecule has 0 amide bonds. The molecule has 3 aromatic carbocycles. The molecule has 0 N–H and O–H groups in total. The second kappa shape index (κ2) is 4.77. The van der Waals surface area contributed by atoms with Crippen LogP contribution in [-0.2, 0) is 0 Å². The molecule has 110 valence electrons. The monoisotopic (exact) mass is 288 g/mol. The molecule has 0 radical (unpaired) electrons. The average Bonchev–Trinajstić information content (AvgIpc) is 2.54. The maximum absolute atomic E-state index is 2.45. The topological polar surface area (TPSA) is 6.48 Å². The Morgan fingerprint density at radius 1 is 0.773 bits per heavy atom. The van der Waals surface area contributed by atoms with Gasteiger partial charge in [-0.1, -0.05) is 42.5 Å². The zero-order valence-corrected chi connectivity index (χ0v) is 13.2. The van der Waals surface area contributed by atoms with Gasteiger partial charge in [-0.2, -0.15) is 0 Å². The molecule has 2 nitrogen and oxygen atoms in total. The van der Waals surface area contributed by atoms with Crippen LogP contribution < -0.4 is 9.80 Å². The minimum absolute atomic E-state index is 0.279. The first-order valence-corrected chi connectivity index (χ1v) is 7.78. The normalized spacial score (nSPS) is 17.1. The fraction of sp³-hybridized carbons (Fsp3) is 0.200. The first-order valence-electron chi connectivity index (χ1n) is 7.78. The highest BCUT2D eigenvalue weighted by Crippen LogP contribution is 2.44. The predicted octanol–water partition coefficient (Wildman–Crippen LogP) is 5.08. The van der Waals surface area contributed by atoms with E-state index in [1.165, 1.54) is 33.4 Å². The van der Waals surface area contributed by atoms with E-state index in [1.54, 1.807) is 0 Å². The van der Waals surface area contributed by atoms with Gasteiger partial charge in [0, 0.05) is 23.8 Å². The predicted molar refractivity (Wildman–Crippen MR) is 95.1 cm³/mol. The summed E-state index contributed by atoms with van der Waals surface area (Å²) in [6, 6.07) is 21.8. The number of aryl methyl sites for hydroxylation is 1. The number of anilines is 3. The highest BCUT2D eigenvalue weighted by molar-refractivity contribution is 6.07. The third-order valence-corrected chi connectivity index (χ3v) is 4.81. The van der Waals surface area contributed by atoms with Gasteiger partial charge in [0.05, 0.1) is 5.69 Å². The van der Waals surface area contributed by atoms with Crippen molar-refractivity contribution in [2.24, 2.45) is 0 Å². The van der Waals surface area contributed by atoms with Crippen LogP contribution in [-0.4, -0.2) is 13.2 Å². The number of para-hydroxylation sites is 1. The summed E-state index contributed by atoms with van der Waals surface area (Å²) in [7, 11) is 2.18. The van der Waals surface area contributed by atoms with Crippen molar-refractivity contribution in [3.8, 4) is 0 Å². The average molecular weight is 288 g/mol. The van der Waals surface area contributed by atoms with Crippen molar-refractivity contribution in [1.29, 1.82) is 0 Å². The molecule has 1 atom stereocenters. The van der Waals surface area contributed by atoms with Gasteiger partial charge in [0.15, 0.2) is 0 Å². The molecule has 0 aliphatic carbocycles. The summed E-state index contributed by atoms with van der Waals surface area (Å²) >= 11 is 0. The van der Waals surface area contributed by atoms with E-state index in [9.17, 15) is 0 Å². The smallest absolute Gasteiger partial charge is 0.103 e. The SMILES string of the molecule is Cc1ccccc1N1c2cccc3cccc(c23)N(C)C1C. The first-order chi connectivity index (χ1) is 10.7. The van der Waals surface area contributed by atoms with Crippen LogP contribution in [0.15, 0.2) is 60.7 Å². The molecule has 0 spiro atoms. The maximum atomic E-state index is 2.45. The van der Waals surface area contributed by atoms with Crippen LogP contribution in [0.25, 0.3) is 10.8 Å². The third-order valence-electron chi connectivity index (χ3n) is 4.81. The van der Waals surface area contributed by atoms with Crippen LogP contribution in [0.3, 0.4) is 0 Å². The number of hydrogen-bond acceptors (Lipinski definition) is 2. The molecule has 0 saturated heterocycles. The number of rotatable bonds is 1. The molecule has 0 saturated carbocycles. The molecule has 3 aromatic rings. The minimum atomic E-state index is 0.279. The standard InChI is InChI=1S/C20H20N2/c1-14-8-4-5-11-17(14)22-15(2)21(3)18-12-6-9-16-10-7-13-19(22)20(16)18/h4-13,15H,1-3H3. The number of hydrogen-bond donors (Lipinski definition) is 0. The van der Waals surface area contributed by atoms with E-state index in [2.05, 4.69) is 91.4 Å². The van der Waals surface area contributed by atoms with Gasteiger partial charge in [-0.3, -0.25) is 0 Å². The van der Waals surface area contributed by atoms with E-state index >= 15 is 0 Å². The Kier molecular flexibility index (Phi) is 2.86. The number of benzene rings is 3. The Balaban J connectivity index is 2.06. The summed E-state index contributed by atoms with van der Waals surface area (Å²) < 4.78 is 0. The van der Waals surface area contributed by atoms with Gasteiger partial charge in [-0.25, -0.2) is 0 Å². The molecule has 22 heavy (non-hydrogen) atoms. The maximum Gasteiger partial charge on any atom is 0.103 e. The fourth-order valence-electron chi connectivity index (χ4n) is 3.54. The molecular formula is C20H20N2. The Morgan fingerprint density at radius 2 is 1.41 bits per heavy atom. The third kappa shape index (κ3) is 1.73. The van der Waals surface area contributed by atoms with E-state index in [0.717, 1.165) is 0 Å². The van der Waals surface area contributed by atoms with Crippen molar-refractivity contribution in [3.63, 3.8) is 0 Å². The van der Waals surface area contributed by atoms with Gasteiger partial charge in [-0.05, 0) is 43.0 Å². The molecule has 1 aliphatic heterocycles. The van der Waals surface area contributed by atoms with Crippen molar-refractivity contribution in [2.45, 2.75) is 20.0 Å². The summed E-state index contributed by atoms with van der Waals surface area (Å²) in [5, 5.41) is 2.64. The summed E-state index contributed by atoms with van der Waals surface area (Å²) in [6.45, 7) is 4.45. The first kappa shape index (κ1) is 13.2. The lowest BCUT2D eigenvalue weighted by molar-refractivity contribution is 0.687. The minimum Gasteiger partial charge on any atom is -0.354 e. The Morgan fingerprint density at radius 3 is 2.14 bits per heavy atom. The van der Waals surface area contributed by atoms with Gasteiger partial charge < -0.3 is 9.80 Å². The molecule has 0 fully saturated rings. The zero-order chi connectivity index (χ0) is 15.3. The summed E-state index contributed by atoms with van der Waals surface area (Å²) in [4.78, 5) is 4.81. The Hall–Kier alpha value is -2.48. The molecule has 0 aromatic heterocycles. The molecule has 1 unspecified atom stereocenters. The largest absolute Gasteiger partial charge is 0.354 e. The second-order valence-electron chi connectivity index (χ2n) is 6.05. The molecule has 1 aliphatic rings. The van der Waals surface area contributed by atoms with E-state index < -0.39 is 0 Å². The van der Waals surface area contributed by atoms with E-state index in [0.29, 0.717) is 0 Å². The molecule has 2 heteroatoms. The van der Waals surface area contributed by atoms with Gasteiger partial charge in [0.25, 0.3) is 0 Å². The van der Waals surface area contributed by atoms with Gasteiger partial charge >= 0.3 is 0 Å².